The van der Waals surface area contributed by atoms with Gasteiger partial charge in [-0.15, -0.1) is 0 Å². The zero-order chi connectivity index (χ0) is 17.7. The highest BCUT2D eigenvalue weighted by Gasteiger charge is 2.37. The Morgan fingerprint density at radius 2 is 2.16 bits per heavy atom. The molecule has 1 unspecified atom stereocenters. The fraction of sp³-hybridized carbons (Fsp3) is 0.833. The minimum atomic E-state index is 0.307. The maximum atomic E-state index is 6.20. The number of likely N-dealkylation sites (N-methyl/N-ethyl adjacent to an activating group) is 1. The quantitative estimate of drug-likeness (QED) is 0.705. The van der Waals surface area contributed by atoms with Crippen LogP contribution in [0.5, 0.6) is 0 Å². The number of hydrogen-bond acceptors (Lipinski definition) is 6. The van der Waals surface area contributed by atoms with Crippen molar-refractivity contribution in [1.29, 1.82) is 0 Å². The van der Waals surface area contributed by atoms with Crippen LogP contribution in [-0.4, -0.2) is 59.2 Å². The van der Waals surface area contributed by atoms with Gasteiger partial charge < -0.3 is 14.4 Å². The fourth-order valence-corrected chi connectivity index (χ4v) is 3.83. The third-order valence-corrected chi connectivity index (χ3v) is 5.48. The standard InChI is InChI=1S/C18H31N5O2/c1-4-22(13-15(2)3)17-19-20-21-23(17)10-6-16-5-7-18(14-25-16)8-11-24-12-9-18/h16H,2,4-14H2,1,3H3. The van der Waals surface area contributed by atoms with Crippen LogP contribution in [0.25, 0.3) is 0 Å². The Morgan fingerprint density at radius 1 is 1.36 bits per heavy atom. The minimum absolute atomic E-state index is 0.307. The zero-order valence-corrected chi connectivity index (χ0v) is 15.6. The number of rotatable bonds is 7. The fourth-order valence-electron chi connectivity index (χ4n) is 3.83. The molecule has 3 heterocycles. The SMILES string of the molecule is C=C(C)CN(CC)c1nnnn1CCC1CCC2(CCOCC2)CO1. The first-order valence-electron chi connectivity index (χ1n) is 9.47. The van der Waals surface area contributed by atoms with Gasteiger partial charge in [-0.3, -0.25) is 0 Å². The lowest BCUT2D eigenvalue weighted by molar-refractivity contribution is -0.107. The summed E-state index contributed by atoms with van der Waals surface area (Å²) in [6.07, 6.45) is 5.92. The second kappa shape index (κ2) is 8.27. The minimum Gasteiger partial charge on any atom is -0.381 e. The molecule has 25 heavy (non-hydrogen) atoms. The molecule has 7 nitrogen and oxygen atoms in total. The molecule has 2 saturated heterocycles. The van der Waals surface area contributed by atoms with E-state index in [4.69, 9.17) is 9.47 Å². The smallest absolute Gasteiger partial charge is 0.245 e. The topological polar surface area (TPSA) is 65.3 Å². The van der Waals surface area contributed by atoms with E-state index in [-0.39, 0.29) is 0 Å². The highest BCUT2D eigenvalue weighted by Crippen LogP contribution is 2.40. The van der Waals surface area contributed by atoms with Crippen molar-refractivity contribution in [3.63, 3.8) is 0 Å². The largest absolute Gasteiger partial charge is 0.381 e. The molecule has 3 rings (SSSR count). The molecule has 1 aromatic heterocycles. The summed E-state index contributed by atoms with van der Waals surface area (Å²) in [5.74, 6) is 0.821. The molecule has 140 valence electrons. The summed E-state index contributed by atoms with van der Waals surface area (Å²) in [4.78, 5) is 2.15. The Kier molecular flexibility index (Phi) is 6.06. The van der Waals surface area contributed by atoms with Crippen molar-refractivity contribution >= 4 is 5.95 Å². The first-order chi connectivity index (χ1) is 12.1. The van der Waals surface area contributed by atoms with Gasteiger partial charge in [0.05, 0.1) is 12.7 Å². The van der Waals surface area contributed by atoms with E-state index in [0.717, 1.165) is 76.7 Å². The Balaban J connectivity index is 1.51. The van der Waals surface area contributed by atoms with Gasteiger partial charge in [-0.25, -0.2) is 4.68 Å². The van der Waals surface area contributed by atoms with E-state index in [1.807, 2.05) is 11.6 Å². The first kappa shape index (κ1) is 18.3. The van der Waals surface area contributed by atoms with Crippen molar-refractivity contribution in [1.82, 2.24) is 20.2 Å². The van der Waals surface area contributed by atoms with Crippen LogP contribution in [0.2, 0.25) is 0 Å². The van der Waals surface area contributed by atoms with E-state index in [9.17, 15) is 0 Å². The second-order valence-electron chi connectivity index (χ2n) is 7.55. The normalized spacial score (nSPS) is 22.9. The van der Waals surface area contributed by atoms with Gasteiger partial charge in [0, 0.05) is 32.8 Å². The van der Waals surface area contributed by atoms with Crippen molar-refractivity contribution < 1.29 is 9.47 Å². The van der Waals surface area contributed by atoms with Crippen LogP contribution < -0.4 is 4.90 Å². The van der Waals surface area contributed by atoms with Gasteiger partial charge in [-0.2, -0.15) is 0 Å². The number of hydrogen-bond donors (Lipinski definition) is 0. The Labute approximate surface area is 150 Å². The molecule has 2 aliphatic rings. The van der Waals surface area contributed by atoms with Crippen molar-refractivity contribution in [2.45, 2.75) is 58.6 Å². The molecule has 1 atom stereocenters. The number of anilines is 1. The van der Waals surface area contributed by atoms with Gasteiger partial charge in [0.2, 0.25) is 5.95 Å². The van der Waals surface area contributed by atoms with Crippen molar-refractivity contribution in [2.75, 3.05) is 37.8 Å². The van der Waals surface area contributed by atoms with E-state index in [0.29, 0.717) is 11.5 Å². The molecule has 0 N–H and O–H groups in total. The average molecular weight is 349 g/mol. The van der Waals surface area contributed by atoms with Crippen LogP contribution in [0.3, 0.4) is 0 Å². The van der Waals surface area contributed by atoms with Crippen LogP contribution in [0.1, 0.15) is 46.0 Å². The number of tetrazole rings is 1. The van der Waals surface area contributed by atoms with Gasteiger partial charge in [0.25, 0.3) is 0 Å². The van der Waals surface area contributed by atoms with E-state index >= 15 is 0 Å². The molecule has 0 aromatic carbocycles. The lowest BCUT2D eigenvalue weighted by Crippen LogP contribution is -2.40. The molecular formula is C18H31N5O2. The highest BCUT2D eigenvalue weighted by atomic mass is 16.5. The summed E-state index contributed by atoms with van der Waals surface area (Å²) in [6, 6.07) is 0. The Bertz CT molecular complexity index is 558. The van der Waals surface area contributed by atoms with Gasteiger partial charge in [-0.05, 0) is 61.8 Å². The molecule has 0 radical (unpaired) electrons. The van der Waals surface area contributed by atoms with E-state index in [1.54, 1.807) is 0 Å². The van der Waals surface area contributed by atoms with Gasteiger partial charge in [-0.1, -0.05) is 17.3 Å². The summed E-state index contributed by atoms with van der Waals surface area (Å²) in [7, 11) is 0. The van der Waals surface area contributed by atoms with E-state index < -0.39 is 0 Å². The Morgan fingerprint density at radius 3 is 2.80 bits per heavy atom. The molecule has 2 aliphatic heterocycles. The molecule has 1 aromatic rings. The van der Waals surface area contributed by atoms with Crippen LogP contribution in [0.4, 0.5) is 5.95 Å². The summed E-state index contributed by atoms with van der Waals surface area (Å²) >= 11 is 0. The summed E-state index contributed by atoms with van der Waals surface area (Å²) in [5, 5.41) is 12.2. The van der Waals surface area contributed by atoms with Crippen molar-refractivity contribution in [3.05, 3.63) is 12.2 Å². The lowest BCUT2D eigenvalue weighted by atomic mass is 9.75. The summed E-state index contributed by atoms with van der Waals surface area (Å²) in [5.41, 5.74) is 1.48. The summed E-state index contributed by atoms with van der Waals surface area (Å²) in [6.45, 7) is 13.2. The average Bonchev–Trinajstić information content (AvgIpc) is 3.08. The van der Waals surface area contributed by atoms with Gasteiger partial charge in [0.15, 0.2) is 0 Å². The Hall–Kier alpha value is -1.47. The molecule has 0 bridgehead atoms. The number of aromatic nitrogens is 4. The highest BCUT2D eigenvalue weighted by molar-refractivity contribution is 5.30. The maximum absolute atomic E-state index is 6.20. The predicted molar refractivity (Wildman–Crippen MR) is 96.6 cm³/mol. The van der Waals surface area contributed by atoms with Crippen molar-refractivity contribution in [2.24, 2.45) is 5.41 Å². The summed E-state index contributed by atoms with van der Waals surface area (Å²) < 4.78 is 13.6. The van der Waals surface area contributed by atoms with Crippen molar-refractivity contribution in [3.8, 4) is 0 Å². The van der Waals surface area contributed by atoms with E-state index in [1.165, 1.54) is 6.42 Å². The molecule has 1 spiro atoms. The van der Waals surface area contributed by atoms with Crippen LogP contribution >= 0.6 is 0 Å². The first-order valence-corrected chi connectivity index (χ1v) is 9.47. The van der Waals surface area contributed by atoms with Gasteiger partial charge >= 0.3 is 0 Å². The van der Waals surface area contributed by atoms with Gasteiger partial charge in [0.1, 0.15) is 0 Å². The molecule has 0 amide bonds. The van der Waals surface area contributed by atoms with Crippen LogP contribution in [-0.2, 0) is 16.0 Å². The number of ether oxygens (including phenoxy) is 2. The van der Waals surface area contributed by atoms with E-state index in [2.05, 4.69) is 33.9 Å². The monoisotopic (exact) mass is 349 g/mol. The molecule has 7 heteroatoms. The third-order valence-electron chi connectivity index (χ3n) is 5.48. The number of nitrogens with zero attached hydrogens (tertiary/aromatic N) is 5. The predicted octanol–water partition coefficient (Wildman–Crippen LogP) is 2.44. The zero-order valence-electron chi connectivity index (χ0n) is 15.6. The van der Waals surface area contributed by atoms with Crippen LogP contribution in [0.15, 0.2) is 12.2 Å². The second-order valence-corrected chi connectivity index (χ2v) is 7.55. The molecular weight excluding hydrogens is 318 g/mol. The molecule has 0 aliphatic carbocycles. The third kappa shape index (κ3) is 4.58. The maximum Gasteiger partial charge on any atom is 0.245 e. The van der Waals surface area contributed by atoms with Crippen LogP contribution in [0, 0.1) is 5.41 Å². The molecule has 0 saturated carbocycles. The number of aryl methyl sites for hydroxylation is 1. The lowest BCUT2D eigenvalue weighted by Gasteiger charge is -2.42. The molecule has 2 fully saturated rings.